The molecule has 1 saturated heterocycles. The smallest absolute Gasteiger partial charge is 0.354 e. The Morgan fingerprint density at radius 2 is 1.89 bits per heavy atom. The molecule has 0 unspecified atom stereocenters. The summed E-state index contributed by atoms with van der Waals surface area (Å²) in [5.41, 5.74) is -1.02. The molecule has 6 nitrogen and oxygen atoms in total. The molecule has 2 N–H and O–H groups in total. The van der Waals surface area contributed by atoms with Gasteiger partial charge in [-0.25, -0.2) is 4.79 Å². The minimum atomic E-state index is -4.38. The molecule has 1 heterocycles. The number of hydrogen-bond acceptors (Lipinski definition) is 3. The molecule has 1 aromatic carbocycles. The van der Waals surface area contributed by atoms with Gasteiger partial charge in [0.15, 0.2) is 0 Å². The number of carbonyl (C=O) groups excluding carboxylic acids is 3. The van der Waals surface area contributed by atoms with Crippen LogP contribution in [0.4, 0.5) is 18.0 Å². The molecule has 3 rings (SSSR count). The summed E-state index contributed by atoms with van der Waals surface area (Å²) in [5, 5.41) is 5.24. The van der Waals surface area contributed by atoms with Gasteiger partial charge in [-0.1, -0.05) is 12.1 Å². The van der Waals surface area contributed by atoms with Crippen LogP contribution in [-0.4, -0.2) is 41.4 Å². The van der Waals surface area contributed by atoms with Crippen LogP contribution in [0.25, 0.3) is 0 Å². The van der Waals surface area contributed by atoms with E-state index in [1.54, 1.807) is 6.92 Å². The van der Waals surface area contributed by atoms with Crippen LogP contribution < -0.4 is 10.6 Å². The van der Waals surface area contributed by atoms with Crippen LogP contribution in [0.15, 0.2) is 24.3 Å². The number of amides is 4. The maximum absolute atomic E-state index is 12.5. The first kappa shape index (κ1) is 19.2. The minimum Gasteiger partial charge on any atom is -0.354 e. The van der Waals surface area contributed by atoms with E-state index < -0.39 is 35.1 Å². The number of hydrogen-bond donors (Lipinski definition) is 2. The Bertz CT molecular complexity index is 759. The highest BCUT2D eigenvalue weighted by atomic mass is 19.4. The van der Waals surface area contributed by atoms with Crippen LogP contribution in [0.2, 0.25) is 0 Å². The summed E-state index contributed by atoms with van der Waals surface area (Å²) >= 11 is 0. The van der Waals surface area contributed by atoms with Gasteiger partial charge in [0.2, 0.25) is 5.91 Å². The van der Waals surface area contributed by atoms with Gasteiger partial charge in [0.25, 0.3) is 5.91 Å². The fourth-order valence-corrected chi connectivity index (χ4v) is 3.20. The number of alkyl halides is 3. The van der Waals surface area contributed by atoms with Crippen molar-refractivity contribution in [3.8, 4) is 0 Å². The van der Waals surface area contributed by atoms with Gasteiger partial charge in [0, 0.05) is 6.54 Å². The van der Waals surface area contributed by atoms with Crippen molar-refractivity contribution in [1.29, 1.82) is 0 Å². The number of benzene rings is 1. The van der Waals surface area contributed by atoms with E-state index in [4.69, 9.17) is 0 Å². The van der Waals surface area contributed by atoms with Gasteiger partial charge >= 0.3 is 12.2 Å². The second-order valence-corrected chi connectivity index (χ2v) is 7.09. The molecule has 146 valence electrons. The van der Waals surface area contributed by atoms with Gasteiger partial charge in [-0.15, -0.1) is 0 Å². The number of urea groups is 1. The molecular weight excluding hydrogens is 363 g/mol. The summed E-state index contributed by atoms with van der Waals surface area (Å²) in [4.78, 5) is 37.4. The van der Waals surface area contributed by atoms with Crippen molar-refractivity contribution < 1.29 is 27.6 Å². The van der Waals surface area contributed by atoms with Crippen LogP contribution in [-0.2, 0) is 22.2 Å². The van der Waals surface area contributed by atoms with Gasteiger partial charge in [-0.05, 0) is 49.8 Å². The summed E-state index contributed by atoms with van der Waals surface area (Å²) in [7, 11) is 0. The maximum atomic E-state index is 12.5. The fraction of sp³-hybridized carbons (Fsp3) is 0.500. The first-order valence-electron chi connectivity index (χ1n) is 8.68. The molecule has 1 aliphatic heterocycles. The molecule has 2 fully saturated rings. The van der Waals surface area contributed by atoms with E-state index in [9.17, 15) is 27.6 Å². The van der Waals surface area contributed by atoms with Crippen molar-refractivity contribution in [3.05, 3.63) is 35.4 Å². The third-order valence-electron chi connectivity index (χ3n) is 5.01. The van der Waals surface area contributed by atoms with E-state index in [1.807, 2.05) is 0 Å². The molecule has 4 amide bonds. The van der Waals surface area contributed by atoms with Crippen LogP contribution in [0.5, 0.6) is 0 Å². The van der Waals surface area contributed by atoms with Gasteiger partial charge in [0.05, 0.1) is 5.56 Å². The predicted molar refractivity (Wildman–Crippen MR) is 89.5 cm³/mol. The predicted octanol–water partition coefficient (Wildman–Crippen LogP) is 2.08. The molecule has 1 atom stereocenters. The van der Waals surface area contributed by atoms with Crippen LogP contribution in [0.1, 0.15) is 30.9 Å². The van der Waals surface area contributed by atoms with Crippen molar-refractivity contribution in [2.24, 2.45) is 5.92 Å². The summed E-state index contributed by atoms with van der Waals surface area (Å²) in [5.74, 6) is -0.778. The number of halogens is 3. The van der Waals surface area contributed by atoms with E-state index in [0.717, 1.165) is 29.9 Å². The first-order chi connectivity index (χ1) is 12.6. The van der Waals surface area contributed by atoms with Crippen LogP contribution >= 0.6 is 0 Å². The van der Waals surface area contributed by atoms with E-state index in [1.165, 1.54) is 12.1 Å². The van der Waals surface area contributed by atoms with Gasteiger partial charge in [-0.2, -0.15) is 13.2 Å². The zero-order valence-corrected chi connectivity index (χ0v) is 14.7. The third kappa shape index (κ3) is 4.06. The number of rotatable bonds is 6. The Balaban J connectivity index is 1.47. The largest absolute Gasteiger partial charge is 0.416 e. The second-order valence-electron chi connectivity index (χ2n) is 7.09. The molecule has 2 aliphatic rings. The molecule has 0 spiro atoms. The Morgan fingerprint density at radius 3 is 2.44 bits per heavy atom. The van der Waals surface area contributed by atoms with Crippen molar-refractivity contribution in [3.63, 3.8) is 0 Å². The Labute approximate surface area is 154 Å². The SMILES string of the molecule is C[C@]1(C2CC2)NC(=O)N(CC(=O)NCCc2ccc(C(F)(F)F)cc2)C1=O. The molecule has 27 heavy (non-hydrogen) atoms. The van der Waals surface area contributed by atoms with Crippen LogP contribution in [0, 0.1) is 5.92 Å². The fourth-order valence-electron chi connectivity index (χ4n) is 3.20. The Kier molecular flexibility index (Phi) is 4.88. The Hall–Kier alpha value is -2.58. The lowest BCUT2D eigenvalue weighted by atomic mass is 9.96. The summed E-state index contributed by atoms with van der Waals surface area (Å²) in [6.45, 7) is 1.49. The highest BCUT2D eigenvalue weighted by molar-refractivity contribution is 6.09. The average molecular weight is 383 g/mol. The lowest BCUT2D eigenvalue weighted by molar-refractivity contribution is -0.137. The van der Waals surface area contributed by atoms with Crippen molar-refractivity contribution >= 4 is 17.8 Å². The summed E-state index contributed by atoms with van der Waals surface area (Å²) in [6, 6.07) is 4.11. The standard InChI is InChI=1S/C18H20F3N3O3/c1-17(12-6-7-12)15(26)24(16(27)23-17)10-14(25)22-9-8-11-2-4-13(5-3-11)18(19,20)21/h2-5,12H,6-10H2,1H3,(H,22,25)(H,23,27)/t17-/m1/s1. The molecule has 0 aromatic heterocycles. The maximum Gasteiger partial charge on any atom is 0.416 e. The third-order valence-corrected chi connectivity index (χ3v) is 5.01. The molecule has 9 heteroatoms. The molecule has 0 radical (unpaired) electrons. The number of imide groups is 1. The van der Waals surface area contributed by atoms with E-state index >= 15 is 0 Å². The zero-order chi connectivity index (χ0) is 19.8. The van der Waals surface area contributed by atoms with Gasteiger partial charge in [0.1, 0.15) is 12.1 Å². The first-order valence-corrected chi connectivity index (χ1v) is 8.68. The number of nitrogens with one attached hydrogen (secondary N) is 2. The van der Waals surface area contributed by atoms with Gasteiger partial charge < -0.3 is 10.6 Å². The number of nitrogens with zero attached hydrogens (tertiary/aromatic N) is 1. The normalized spacial score (nSPS) is 22.7. The summed E-state index contributed by atoms with van der Waals surface area (Å²) in [6.07, 6.45) is -2.31. The highest BCUT2D eigenvalue weighted by Crippen LogP contribution is 2.42. The molecular formula is C18H20F3N3O3. The quantitative estimate of drug-likeness (QED) is 0.739. The van der Waals surface area contributed by atoms with E-state index in [2.05, 4.69) is 10.6 Å². The molecule has 1 aromatic rings. The Morgan fingerprint density at radius 1 is 1.26 bits per heavy atom. The average Bonchev–Trinajstić information content (AvgIpc) is 3.41. The van der Waals surface area contributed by atoms with Crippen molar-refractivity contribution in [1.82, 2.24) is 15.5 Å². The van der Waals surface area contributed by atoms with E-state index in [0.29, 0.717) is 12.0 Å². The minimum absolute atomic E-state index is 0.113. The molecule has 1 saturated carbocycles. The lowest BCUT2D eigenvalue weighted by Crippen LogP contribution is -2.47. The highest BCUT2D eigenvalue weighted by Gasteiger charge is 2.56. The van der Waals surface area contributed by atoms with Crippen molar-refractivity contribution in [2.45, 2.75) is 37.9 Å². The molecule has 1 aliphatic carbocycles. The monoisotopic (exact) mass is 383 g/mol. The van der Waals surface area contributed by atoms with E-state index in [-0.39, 0.29) is 19.0 Å². The second kappa shape index (κ2) is 6.86. The van der Waals surface area contributed by atoms with Crippen molar-refractivity contribution in [2.75, 3.05) is 13.1 Å². The van der Waals surface area contributed by atoms with Gasteiger partial charge in [-0.3, -0.25) is 14.5 Å². The zero-order valence-electron chi connectivity index (χ0n) is 14.7. The lowest BCUT2D eigenvalue weighted by Gasteiger charge is -2.20. The topological polar surface area (TPSA) is 78.5 Å². The summed E-state index contributed by atoms with van der Waals surface area (Å²) < 4.78 is 37.6. The van der Waals surface area contributed by atoms with Crippen LogP contribution in [0.3, 0.4) is 0 Å². The molecule has 0 bridgehead atoms. The number of carbonyl (C=O) groups is 3.